The predicted octanol–water partition coefficient (Wildman–Crippen LogP) is 3.88. The number of nitrogens with one attached hydrogen (secondary N) is 2. The van der Waals surface area contributed by atoms with Crippen LogP contribution < -0.4 is 5.32 Å². The molecule has 3 aromatic rings. The normalized spacial score (nSPS) is 19.4. The molecule has 118 valence electrons. The second-order valence-electron chi connectivity index (χ2n) is 6.25. The minimum absolute atomic E-state index is 0.0944. The Balaban J connectivity index is 1.86. The summed E-state index contributed by atoms with van der Waals surface area (Å²) >= 11 is 0. The van der Waals surface area contributed by atoms with E-state index in [4.69, 9.17) is 0 Å². The van der Waals surface area contributed by atoms with Crippen LogP contribution in [0.1, 0.15) is 29.9 Å². The molecule has 1 aliphatic carbocycles. The van der Waals surface area contributed by atoms with Crippen molar-refractivity contribution in [2.24, 2.45) is 0 Å². The summed E-state index contributed by atoms with van der Waals surface area (Å²) in [6, 6.07) is 10.6. The van der Waals surface area contributed by atoms with Crippen LogP contribution in [0.25, 0.3) is 10.9 Å². The van der Waals surface area contributed by atoms with E-state index in [0.29, 0.717) is 24.0 Å². The lowest BCUT2D eigenvalue weighted by Crippen LogP contribution is -2.20. The van der Waals surface area contributed by atoms with Crippen molar-refractivity contribution >= 4 is 22.4 Å². The van der Waals surface area contributed by atoms with E-state index in [1.807, 2.05) is 18.2 Å². The zero-order valence-corrected chi connectivity index (χ0v) is 12.8. The fraction of sp³-hybridized carbons (Fsp3) is 0.158. The SMILES string of the molecule is O=C1CCC2=C1C(c1ccccc1F)c1c(ccc3[nH]ncc13)N2. The number of hydrogen-bond donors (Lipinski definition) is 2. The number of benzene rings is 2. The maximum atomic E-state index is 14.6. The van der Waals surface area contributed by atoms with Crippen LogP contribution >= 0.6 is 0 Å². The van der Waals surface area contributed by atoms with Gasteiger partial charge < -0.3 is 5.32 Å². The van der Waals surface area contributed by atoms with Crippen molar-refractivity contribution in [3.8, 4) is 0 Å². The lowest BCUT2D eigenvalue weighted by Gasteiger charge is -2.29. The molecule has 0 radical (unpaired) electrons. The Morgan fingerprint density at radius 1 is 1.12 bits per heavy atom. The molecule has 5 rings (SSSR count). The van der Waals surface area contributed by atoms with Crippen molar-refractivity contribution in [3.63, 3.8) is 0 Å². The van der Waals surface area contributed by atoms with E-state index in [9.17, 15) is 9.18 Å². The number of hydrogen-bond acceptors (Lipinski definition) is 3. The Hall–Kier alpha value is -2.95. The minimum Gasteiger partial charge on any atom is -0.358 e. The molecule has 1 unspecified atom stereocenters. The number of anilines is 1. The van der Waals surface area contributed by atoms with E-state index in [1.165, 1.54) is 6.07 Å². The van der Waals surface area contributed by atoms with E-state index in [0.717, 1.165) is 27.9 Å². The number of halogens is 1. The van der Waals surface area contributed by atoms with Gasteiger partial charge in [-0.05, 0) is 30.2 Å². The van der Waals surface area contributed by atoms with Gasteiger partial charge in [-0.15, -0.1) is 0 Å². The van der Waals surface area contributed by atoms with E-state index in [1.54, 1.807) is 18.3 Å². The first-order chi connectivity index (χ1) is 11.7. The summed E-state index contributed by atoms with van der Waals surface area (Å²) < 4.78 is 14.6. The van der Waals surface area contributed by atoms with E-state index >= 15 is 0 Å². The van der Waals surface area contributed by atoms with Gasteiger partial charge in [0.25, 0.3) is 0 Å². The number of H-pyrrole nitrogens is 1. The summed E-state index contributed by atoms with van der Waals surface area (Å²) in [4.78, 5) is 12.5. The van der Waals surface area contributed by atoms with Crippen molar-refractivity contribution < 1.29 is 9.18 Å². The highest BCUT2D eigenvalue weighted by atomic mass is 19.1. The number of allylic oxidation sites excluding steroid dienone is 2. The van der Waals surface area contributed by atoms with Gasteiger partial charge in [-0.3, -0.25) is 9.89 Å². The molecule has 4 nitrogen and oxygen atoms in total. The van der Waals surface area contributed by atoms with Gasteiger partial charge in [0, 0.05) is 40.2 Å². The van der Waals surface area contributed by atoms with Crippen LogP contribution in [0.15, 0.2) is 53.9 Å². The Morgan fingerprint density at radius 3 is 2.88 bits per heavy atom. The second-order valence-corrected chi connectivity index (χ2v) is 6.25. The van der Waals surface area contributed by atoms with Gasteiger partial charge in [0.2, 0.25) is 0 Å². The highest BCUT2D eigenvalue weighted by molar-refractivity contribution is 6.05. The van der Waals surface area contributed by atoms with Crippen LogP contribution in [-0.4, -0.2) is 16.0 Å². The third kappa shape index (κ3) is 1.72. The standard InChI is InChI=1S/C19H14FN3O/c20-12-4-2-1-3-10(12)18-17-11-9-21-23-13(11)5-6-14(17)22-15-7-8-16(24)19(15)18/h1-6,9,18,22H,7-8H2,(H,21,23). The van der Waals surface area contributed by atoms with Crippen molar-refractivity contribution in [1.29, 1.82) is 0 Å². The number of rotatable bonds is 1. The van der Waals surface area contributed by atoms with Gasteiger partial charge in [-0.2, -0.15) is 5.10 Å². The maximum Gasteiger partial charge on any atom is 0.161 e. The van der Waals surface area contributed by atoms with E-state index < -0.39 is 5.92 Å². The molecule has 2 aromatic carbocycles. The van der Waals surface area contributed by atoms with Crippen LogP contribution in [0.3, 0.4) is 0 Å². The molecule has 0 amide bonds. The average molecular weight is 319 g/mol. The largest absolute Gasteiger partial charge is 0.358 e. The maximum absolute atomic E-state index is 14.6. The number of carbonyl (C=O) groups is 1. The Labute approximate surface area is 137 Å². The first-order valence-corrected chi connectivity index (χ1v) is 7.97. The Morgan fingerprint density at radius 2 is 2.00 bits per heavy atom. The lowest BCUT2D eigenvalue weighted by molar-refractivity contribution is -0.115. The van der Waals surface area contributed by atoms with Gasteiger partial charge in [0.05, 0.1) is 11.7 Å². The monoisotopic (exact) mass is 319 g/mol. The number of aromatic amines is 1. The number of Topliss-reactive ketones (excluding diaryl/α,β-unsaturated/α-hetero) is 1. The van der Waals surface area contributed by atoms with Gasteiger partial charge in [-0.25, -0.2) is 4.39 Å². The Kier molecular flexibility index (Phi) is 2.68. The summed E-state index contributed by atoms with van der Waals surface area (Å²) in [5, 5.41) is 11.4. The molecule has 24 heavy (non-hydrogen) atoms. The molecule has 5 heteroatoms. The zero-order valence-electron chi connectivity index (χ0n) is 12.8. The predicted molar refractivity (Wildman–Crippen MR) is 89.2 cm³/mol. The molecule has 0 fully saturated rings. The molecule has 1 atom stereocenters. The van der Waals surface area contributed by atoms with Crippen molar-refractivity contribution in [2.45, 2.75) is 18.8 Å². The quantitative estimate of drug-likeness (QED) is 0.716. The summed E-state index contributed by atoms with van der Waals surface area (Å²) in [5.41, 5.74) is 4.87. The highest BCUT2D eigenvalue weighted by Gasteiger charge is 2.38. The molecule has 2 heterocycles. The molecule has 1 aliphatic heterocycles. The van der Waals surface area contributed by atoms with Crippen LogP contribution in [-0.2, 0) is 4.79 Å². The van der Waals surface area contributed by atoms with Crippen LogP contribution in [0.2, 0.25) is 0 Å². The summed E-state index contributed by atoms with van der Waals surface area (Å²) in [6.45, 7) is 0. The number of aromatic nitrogens is 2. The van der Waals surface area contributed by atoms with E-state index in [2.05, 4.69) is 15.5 Å². The number of carbonyl (C=O) groups excluding carboxylic acids is 1. The fourth-order valence-corrected chi connectivity index (χ4v) is 3.93. The third-order valence-electron chi connectivity index (χ3n) is 4.97. The van der Waals surface area contributed by atoms with Crippen molar-refractivity contribution in [3.05, 3.63) is 70.8 Å². The second kappa shape index (κ2) is 4.77. The number of fused-ring (bicyclic) bond motifs is 3. The fourth-order valence-electron chi connectivity index (χ4n) is 3.93. The summed E-state index contributed by atoms with van der Waals surface area (Å²) in [5.74, 6) is -0.590. The number of nitrogens with zero attached hydrogens (tertiary/aromatic N) is 1. The van der Waals surface area contributed by atoms with Gasteiger partial charge in [-0.1, -0.05) is 18.2 Å². The van der Waals surface area contributed by atoms with Crippen molar-refractivity contribution in [2.75, 3.05) is 5.32 Å². The first-order valence-electron chi connectivity index (χ1n) is 7.97. The van der Waals surface area contributed by atoms with Crippen LogP contribution in [0, 0.1) is 5.82 Å². The molecule has 0 saturated carbocycles. The zero-order chi connectivity index (χ0) is 16.3. The van der Waals surface area contributed by atoms with Crippen LogP contribution in [0.4, 0.5) is 10.1 Å². The topological polar surface area (TPSA) is 57.8 Å². The summed E-state index contributed by atoms with van der Waals surface area (Å²) in [7, 11) is 0. The first kappa shape index (κ1) is 13.5. The van der Waals surface area contributed by atoms with Gasteiger partial charge >= 0.3 is 0 Å². The van der Waals surface area contributed by atoms with E-state index in [-0.39, 0.29) is 11.6 Å². The summed E-state index contributed by atoms with van der Waals surface area (Å²) in [6.07, 6.45) is 2.90. The van der Waals surface area contributed by atoms with Crippen LogP contribution in [0.5, 0.6) is 0 Å². The lowest BCUT2D eigenvalue weighted by atomic mass is 9.79. The molecule has 0 bridgehead atoms. The molecule has 2 aliphatic rings. The van der Waals surface area contributed by atoms with Gasteiger partial charge in [0.15, 0.2) is 5.78 Å². The molecular formula is C19H14FN3O. The smallest absolute Gasteiger partial charge is 0.161 e. The molecule has 1 aromatic heterocycles. The average Bonchev–Trinajstić information content (AvgIpc) is 3.20. The molecular weight excluding hydrogens is 305 g/mol. The Bertz CT molecular complexity index is 1030. The number of ketones is 1. The minimum atomic E-state index is -0.395. The molecule has 0 saturated heterocycles. The van der Waals surface area contributed by atoms with Crippen molar-refractivity contribution in [1.82, 2.24) is 10.2 Å². The molecule has 2 N–H and O–H groups in total. The highest BCUT2D eigenvalue weighted by Crippen LogP contribution is 2.48. The molecule has 0 spiro atoms. The van der Waals surface area contributed by atoms with Gasteiger partial charge in [0.1, 0.15) is 5.82 Å². The third-order valence-corrected chi connectivity index (χ3v) is 4.97.